The number of amides is 2. The standard InChI is InChI=1S/C25H35F3N2O5/c1-22(2,3)34-18-8-7-16(25(26,27)28)11-15(18)14-29-20(31)24-9-10-33-19(24)12-17(13-24)30-21(32)35-23(4,5)6/h7-8,11,17,19H,9-10,12-14H2,1-6H3,(H,29,31)(H,30,32)/t17-,19-,24-/m1/s1. The van der Waals surface area contributed by atoms with Gasteiger partial charge in [-0.1, -0.05) is 0 Å². The number of benzene rings is 1. The van der Waals surface area contributed by atoms with Crippen LogP contribution >= 0.6 is 0 Å². The van der Waals surface area contributed by atoms with Gasteiger partial charge in [0.1, 0.15) is 17.0 Å². The van der Waals surface area contributed by atoms with Crippen LogP contribution in [0.1, 0.15) is 71.9 Å². The molecule has 2 amide bonds. The molecule has 2 N–H and O–H groups in total. The number of ether oxygens (including phenoxy) is 3. The molecular formula is C25H35F3N2O5. The van der Waals surface area contributed by atoms with Crippen molar-refractivity contribution in [3.63, 3.8) is 0 Å². The fourth-order valence-corrected chi connectivity index (χ4v) is 4.62. The van der Waals surface area contributed by atoms with Crippen LogP contribution in [0.3, 0.4) is 0 Å². The van der Waals surface area contributed by atoms with Gasteiger partial charge in [-0.3, -0.25) is 4.79 Å². The molecule has 0 unspecified atom stereocenters. The van der Waals surface area contributed by atoms with Crippen LogP contribution in [-0.2, 0) is 27.0 Å². The topological polar surface area (TPSA) is 85.9 Å². The first-order valence-corrected chi connectivity index (χ1v) is 11.8. The number of carbonyl (C=O) groups excluding carboxylic acids is 2. The summed E-state index contributed by atoms with van der Waals surface area (Å²) in [5.41, 5.74) is -2.73. The lowest BCUT2D eigenvalue weighted by atomic mass is 9.81. The van der Waals surface area contributed by atoms with E-state index in [2.05, 4.69) is 10.6 Å². The Balaban J connectivity index is 1.74. The molecule has 0 radical (unpaired) electrons. The Morgan fingerprint density at radius 3 is 2.40 bits per heavy atom. The van der Waals surface area contributed by atoms with Crippen molar-refractivity contribution in [1.29, 1.82) is 0 Å². The van der Waals surface area contributed by atoms with Gasteiger partial charge in [0.25, 0.3) is 0 Å². The van der Waals surface area contributed by atoms with E-state index in [0.717, 1.165) is 12.1 Å². The maximum atomic E-state index is 13.4. The molecule has 1 aliphatic carbocycles. The van der Waals surface area contributed by atoms with Gasteiger partial charge in [0, 0.05) is 24.8 Å². The number of halogens is 3. The molecule has 3 rings (SSSR count). The predicted octanol–water partition coefficient (Wildman–Crippen LogP) is 4.96. The van der Waals surface area contributed by atoms with Gasteiger partial charge in [-0.2, -0.15) is 13.2 Å². The number of hydrogen-bond acceptors (Lipinski definition) is 5. The summed E-state index contributed by atoms with van der Waals surface area (Å²) in [6, 6.07) is 2.94. The van der Waals surface area contributed by atoms with E-state index < -0.39 is 40.6 Å². The Morgan fingerprint density at radius 2 is 1.80 bits per heavy atom. The summed E-state index contributed by atoms with van der Waals surface area (Å²) >= 11 is 0. The van der Waals surface area contributed by atoms with Crippen LogP contribution in [0.4, 0.5) is 18.0 Å². The molecule has 2 aliphatic rings. The van der Waals surface area contributed by atoms with Gasteiger partial charge in [0.2, 0.25) is 5.91 Å². The Morgan fingerprint density at radius 1 is 1.11 bits per heavy atom. The Bertz CT molecular complexity index is 952. The molecule has 1 saturated heterocycles. The molecular weight excluding hydrogens is 465 g/mol. The molecule has 3 atom stereocenters. The van der Waals surface area contributed by atoms with E-state index in [4.69, 9.17) is 14.2 Å². The minimum Gasteiger partial charge on any atom is -0.488 e. The van der Waals surface area contributed by atoms with Crippen LogP contribution in [0.5, 0.6) is 5.75 Å². The minimum absolute atomic E-state index is 0.132. The largest absolute Gasteiger partial charge is 0.488 e. The molecule has 1 saturated carbocycles. The quantitative estimate of drug-likeness (QED) is 0.597. The smallest absolute Gasteiger partial charge is 0.416 e. The third-order valence-electron chi connectivity index (χ3n) is 6.01. The van der Waals surface area contributed by atoms with Crippen LogP contribution in [0.15, 0.2) is 18.2 Å². The number of rotatable bonds is 5. The maximum Gasteiger partial charge on any atom is 0.416 e. The average Bonchev–Trinajstić information content (AvgIpc) is 3.21. The van der Waals surface area contributed by atoms with Crippen molar-refractivity contribution in [2.24, 2.45) is 5.41 Å². The van der Waals surface area contributed by atoms with E-state index >= 15 is 0 Å². The summed E-state index contributed by atoms with van der Waals surface area (Å²) < 4.78 is 56.9. The van der Waals surface area contributed by atoms with E-state index in [1.807, 2.05) is 0 Å². The lowest BCUT2D eigenvalue weighted by Gasteiger charge is -2.28. The normalized spacial score (nSPS) is 24.6. The van der Waals surface area contributed by atoms with Gasteiger partial charge in [-0.05, 0) is 79.0 Å². The fourth-order valence-electron chi connectivity index (χ4n) is 4.62. The summed E-state index contributed by atoms with van der Waals surface area (Å²) in [4.78, 5) is 25.6. The van der Waals surface area contributed by atoms with Crippen molar-refractivity contribution >= 4 is 12.0 Å². The molecule has 35 heavy (non-hydrogen) atoms. The van der Waals surface area contributed by atoms with Gasteiger partial charge >= 0.3 is 12.3 Å². The van der Waals surface area contributed by atoms with E-state index in [-0.39, 0.29) is 29.8 Å². The average molecular weight is 501 g/mol. The molecule has 1 aromatic rings. The second-order valence-electron chi connectivity index (χ2n) is 11.3. The number of alkyl carbamates (subject to hydrolysis) is 1. The highest BCUT2D eigenvalue weighted by molar-refractivity contribution is 5.84. The van der Waals surface area contributed by atoms with Gasteiger partial charge in [0.05, 0.1) is 17.1 Å². The summed E-state index contributed by atoms with van der Waals surface area (Å²) in [6.07, 6.45) is -4.20. The van der Waals surface area contributed by atoms with Gasteiger partial charge < -0.3 is 24.8 Å². The fraction of sp³-hybridized carbons (Fsp3) is 0.680. The van der Waals surface area contributed by atoms with Crippen molar-refractivity contribution in [1.82, 2.24) is 10.6 Å². The minimum atomic E-state index is -4.52. The van der Waals surface area contributed by atoms with E-state index in [1.165, 1.54) is 6.07 Å². The van der Waals surface area contributed by atoms with Gasteiger partial charge in [-0.25, -0.2) is 4.79 Å². The molecule has 1 heterocycles. The Labute approximate surface area is 204 Å². The SMILES string of the molecule is CC(C)(C)OC(=O)N[C@@H]1C[C@H]2OCC[C@@]2(C(=O)NCc2cc(C(F)(F)F)ccc2OC(C)(C)C)C1. The first kappa shape index (κ1) is 27.1. The molecule has 7 nitrogen and oxygen atoms in total. The van der Waals surface area contributed by atoms with E-state index in [1.54, 1.807) is 41.5 Å². The van der Waals surface area contributed by atoms with Crippen LogP contribution < -0.4 is 15.4 Å². The molecule has 0 aromatic heterocycles. The Hall–Kier alpha value is -2.49. The highest BCUT2D eigenvalue weighted by Gasteiger charge is 2.56. The lowest BCUT2D eigenvalue weighted by Crippen LogP contribution is -2.44. The zero-order valence-corrected chi connectivity index (χ0v) is 21.1. The van der Waals surface area contributed by atoms with Crippen molar-refractivity contribution in [3.8, 4) is 5.75 Å². The van der Waals surface area contributed by atoms with Crippen LogP contribution in [0.25, 0.3) is 0 Å². The highest BCUT2D eigenvalue weighted by Crippen LogP contribution is 2.48. The monoisotopic (exact) mass is 500 g/mol. The number of alkyl halides is 3. The summed E-state index contributed by atoms with van der Waals surface area (Å²) in [5, 5.41) is 5.62. The second-order valence-corrected chi connectivity index (χ2v) is 11.3. The first-order chi connectivity index (χ1) is 16.0. The maximum absolute atomic E-state index is 13.4. The predicted molar refractivity (Wildman–Crippen MR) is 123 cm³/mol. The van der Waals surface area contributed by atoms with E-state index in [9.17, 15) is 22.8 Å². The number of nitrogens with one attached hydrogen (secondary N) is 2. The molecule has 1 aliphatic heterocycles. The van der Waals surface area contributed by atoms with Crippen LogP contribution in [-0.4, -0.2) is 42.0 Å². The van der Waals surface area contributed by atoms with Crippen molar-refractivity contribution in [2.75, 3.05) is 6.61 Å². The van der Waals surface area contributed by atoms with Crippen LogP contribution in [0, 0.1) is 5.41 Å². The summed E-state index contributed by atoms with van der Waals surface area (Å²) in [6.45, 7) is 10.9. The zero-order valence-electron chi connectivity index (χ0n) is 21.1. The third kappa shape index (κ3) is 6.80. The molecule has 0 bridgehead atoms. The first-order valence-electron chi connectivity index (χ1n) is 11.8. The van der Waals surface area contributed by atoms with Crippen molar-refractivity contribution in [2.45, 2.75) is 96.9 Å². The number of hydrogen-bond donors (Lipinski definition) is 2. The highest BCUT2D eigenvalue weighted by atomic mass is 19.4. The molecule has 0 spiro atoms. The lowest BCUT2D eigenvalue weighted by molar-refractivity contribution is -0.137. The number of carbonyl (C=O) groups is 2. The second kappa shape index (κ2) is 9.52. The van der Waals surface area contributed by atoms with Gasteiger partial charge in [0.15, 0.2) is 0 Å². The summed E-state index contributed by atoms with van der Waals surface area (Å²) in [7, 11) is 0. The Kier molecular flexibility index (Phi) is 7.37. The number of fused-ring (bicyclic) bond motifs is 1. The van der Waals surface area contributed by atoms with Crippen LogP contribution in [0.2, 0.25) is 0 Å². The molecule has 196 valence electrons. The molecule has 10 heteroatoms. The molecule has 1 aromatic carbocycles. The molecule has 2 fully saturated rings. The zero-order chi connectivity index (χ0) is 26.2. The van der Waals surface area contributed by atoms with E-state index in [0.29, 0.717) is 25.9 Å². The van der Waals surface area contributed by atoms with Crippen molar-refractivity contribution in [3.05, 3.63) is 29.3 Å². The van der Waals surface area contributed by atoms with Crippen molar-refractivity contribution < 1.29 is 37.0 Å². The summed E-state index contributed by atoms with van der Waals surface area (Å²) in [5.74, 6) is -0.0361. The third-order valence-corrected chi connectivity index (χ3v) is 6.01. The van der Waals surface area contributed by atoms with Gasteiger partial charge in [-0.15, -0.1) is 0 Å².